The number of benzene rings is 2. The maximum absolute atomic E-state index is 13.4. The van der Waals surface area contributed by atoms with Gasteiger partial charge in [0.2, 0.25) is 0 Å². The maximum Gasteiger partial charge on any atom is 0.346 e. The molecule has 1 saturated carbocycles. The highest BCUT2D eigenvalue weighted by Crippen LogP contribution is 2.53. The fraction of sp³-hybridized carbons (Fsp3) is 0.467. The quantitative estimate of drug-likeness (QED) is 0.290. The molecule has 5 rings (SSSR count). The van der Waals surface area contributed by atoms with Crippen LogP contribution in [-0.2, 0) is 16.1 Å². The average Bonchev–Trinajstić information content (AvgIpc) is 3.43. The predicted octanol–water partition coefficient (Wildman–Crippen LogP) is 6.05. The number of hydrogen-bond donors (Lipinski definition) is 1. The molecule has 0 unspecified atom stereocenters. The third kappa shape index (κ3) is 4.50. The number of ether oxygens (including phenoxy) is 4. The smallest absolute Gasteiger partial charge is 0.346 e. The molecule has 0 spiro atoms. The number of carbonyl (C=O) groups is 2. The first-order valence-electron chi connectivity index (χ1n) is 12.9. The number of fused-ring (bicyclic) bond motifs is 4. The van der Waals surface area contributed by atoms with Crippen LogP contribution in [0.3, 0.4) is 0 Å². The Morgan fingerprint density at radius 1 is 1.24 bits per heavy atom. The van der Waals surface area contributed by atoms with E-state index in [-0.39, 0.29) is 41.5 Å². The van der Waals surface area contributed by atoms with Crippen molar-refractivity contribution in [2.75, 3.05) is 7.11 Å². The Kier molecular flexibility index (Phi) is 6.52. The average molecular weight is 507 g/mol. The van der Waals surface area contributed by atoms with Crippen LogP contribution in [-0.4, -0.2) is 24.2 Å². The monoisotopic (exact) mass is 506 g/mol. The van der Waals surface area contributed by atoms with Crippen LogP contribution in [0.15, 0.2) is 36.4 Å². The minimum Gasteiger partial charge on any atom is -0.495 e. The molecule has 2 aliphatic carbocycles. The lowest BCUT2D eigenvalue weighted by Gasteiger charge is -2.29. The van der Waals surface area contributed by atoms with Crippen molar-refractivity contribution in [1.29, 1.82) is 0 Å². The van der Waals surface area contributed by atoms with Gasteiger partial charge in [-0.3, -0.25) is 4.79 Å². The van der Waals surface area contributed by atoms with Gasteiger partial charge >= 0.3 is 11.9 Å². The summed E-state index contributed by atoms with van der Waals surface area (Å²) in [5, 5.41) is 10.8. The molecule has 1 N–H and O–H groups in total. The third-order valence-electron chi connectivity index (χ3n) is 7.80. The lowest BCUT2D eigenvalue weighted by atomic mass is 9.78. The molecule has 2 aromatic rings. The Morgan fingerprint density at radius 3 is 2.68 bits per heavy atom. The first kappa shape index (κ1) is 25.3. The van der Waals surface area contributed by atoms with Crippen LogP contribution < -0.4 is 14.2 Å². The minimum atomic E-state index is -0.818. The van der Waals surface area contributed by atoms with E-state index in [4.69, 9.17) is 18.9 Å². The van der Waals surface area contributed by atoms with Crippen LogP contribution in [0.5, 0.6) is 23.0 Å². The van der Waals surface area contributed by atoms with Gasteiger partial charge in [0.1, 0.15) is 23.7 Å². The summed E-state index contributed by atoms with van der Waals surface area (Å²) in [6.45, 7) is 7.81. The molecule has 2 bridgehead atoms. The van der Waals surface area contributed by atoms with Gasteiger partial charge in [0.05, 0.1) is 18.6 Å². The van der Waals surface area contributed by atoms with Crippen LogP contribution in [0.4, 0.5) is 0 Å². The van der Waals surface area contributed by atoms with Gasteiger partial charge in [-0.1, -0.05) is 26.0 Å². The highest BCUT2D eigenvalue weighted by atomic mass is 16.6. The first-order valence-corrected chi connectivity index (χ1v) is 12.9. The number of hydrogen-bond acceptors (Lipinski definition) is 7. The fourth-order valence-electron chi connectivity index (χ4n) is 5.90. The lowest BCUT2D eigenvalue weighted by molar-refractivity contribution is -0.146. The third-order valence-corrected chi connectivity index (χ3v) is 7.80. The van der Waals surface area contributed by atoms with Gasteiger partial charge in [-0.15, -0.1) is 0 Å². The van der Waals surface area contributed by atoms with Crippen LogP contribution in [0, 0.1) is 30.1 Å². The van der Waals surface area contributed by atoms with Crippen LogP contribution >= 0.6 is 0 Å². The van der Waals surface area contributed by atoms with Gasteiger partial charge in [0.25, 0.3) is 0 Å². The SMILES string of the molecule is COc1c([C@@H](O)CC(C)C)ccc2c1C(=O)OCc1cc(C)cc(OC(=O)[C@@]3(C)C[C@@H]4C=C[C@H]3C4)c1O2. The van der Waals surface area contributed by atoms with Crippen molar-refractivity contribution in [3.05, 3.63) is 58.7 Å². The van der Waals surface area contributed by atoms with E-state index in [0.29, 0.717) is 35.0 Å². The predicted molar refractivity (Wildman–Crippen MR) is 137 cm³/mol. The van der Waals surface area contributed by atoms with E-state index in [2.05, 4.69) is 12.2 Å². The molecule has 1 fully saturated rings. The number of aliphatic hydroxyl groups is 1. The standard InChI is InChI=1S/C30H34O7/c1-16(2)10-22(31)21-8-9-23-25(27(21)34-5)28(32)35-15-19-11-17(3)12-24(26(19)36-23)37-29(33)30(4)14-18-6-7-20(30)13-18/h6-9,11-12,16,18,20,22,31H,10,13-15H2,1-5H3/t18-,20+,22+,30+/m1/s1. The van der Waals surface area contributed by atoms with Gasteiger partial charge in [0.15, 0.2) is 11.5 Å². The number of carbonyl (C=O) groups excluding carboxylic acids is 2. The first-order chi connectivity index (χ1) is 17.6. The molecule has 196 valence electrons. The molecule has 37 heavy (non-hydrogen) atoms. The van der Waals surface area contributed by atoms with E-state index in [1.54, 1.807) is 18.2 Å². The van der Waals surface area contributed by atoms with E-state index in [9.17, 15) is 14.7 Å². The Morgan fingerprint density at radius 2 is 2.03 bits per heavy atom. The molecule has 2 aromatic carbocycles. The van der Waals surface area contributed by atoms with Crippen molar-refractivity contribution in [1.82, 2.24) is 0 Å². The summed E-state index contributed by atoms with van der Waals surface area (Å²) < 4.78 is 23.6. The van der Waals surface area contributed by atoms with Crippen LogP contribution in [0.25, 0.3) is 0 Å². The summed E-state index contributed by atoms with van der Waals surface area (Å²) in [7, 11) is 1.45. The van der Waals surface area contributed by atoms with Gasteiger partial charge < -0.3 is 24.1 Å². The molecule has 7 nitrogen and oxygen atoms in total. The van der Waals surface area contributed by atoms with E-state index in [1.807, 2.05) is 33.8 Å². The normalized spacial score (nSPS) is 24.5. The number of cyclic esters (lactones) is 1. The Hall–Kier alpha value is -3.32. The highest BCUT2D eigenvalue weighted by Gasteiger charge is 2.51. The highest BCUT2D eigenvalue weighted by molar-refractivity contribution is 5.97. The summed E-state index contributed by atoms with van der Waals surface area (Å²) in [4.78, 5) is 26.6. The number of esters is 2. The molecule has 0 amide bonds. The second kappa shape index (κ2) is 9.53. The number of allylic oxidation sites excluding steroid dienone is 2. The van der Waals surface area contributed by atoms with Crippen molar-refractivity contribution in [2.45, 2.75) is 59.7 Å². The largest absolute Gasteiger partial charge is 0.495 e. The molecule has 0 radical (unpaired) electrons. The second-order valence-corrected chi connectivity index (χ2v) is 11.1. The zero-order valence-corrected chi connectivity index (χ0v) is 22.0. The van der Waals surface area contributed by atoms with E-state index >= 15 is 0 Å². The van der Waals surface area contributed by atoms with Crippen molar-refractivity contribution < 1.29 is 33.6 Å². The Bertz CT molecular complexity index is 1280. The summed E-state index contributed by atoms with van der Waals surface area (Å²) in [5.41, 5.74) is 1.44. The molecule has 1 heterocycles. The number of rotatable bonds is 6. The van der Waals surface area contributed by atoms with Crippen molar-refractivity contribution in [3.63, 3.8) is 0 Å². The summed E-state index contributed by atoms with van der Waals surface area (Å²) in [5.74, 6) is 0.957. The second-order valence-electron chi connectivity index (χ2n) is 11.1. The van der Waals surface area contributed by atoms with Crippen LogP contribution in [0.2, 0.25) is 0 Å². The molecule has 4 atom stereocenters. The van der Waals surface area contributed by atoms with E-state index in [0.717, 1.165) is 18.4 Å². The molecule has 1 aliphatic heterocycles. The Balaban J connectivity index is 1.53. The van der Waals surface area contributed by atoms with Gasteiger partial charge in [0, 0.05) is 11.1 Å². The number of aryl methyl sites for hydroxylation is 1. The fourth-order valence-corrected chi connectivity index (χ4v) is 5.90. The zero-order valence-electron chi connectivity index (χ0n) is 22.0. The topological polar surface area (TPSA) is 91.3 Å². The Labute approximate surface area is 217 Å². The maximum atomic E-state index is 13.4. The molecule has 3 aliphatic rings. The van der Waals surface area contributed by atoms with Crippen molar-refractivity contribution >= 4 is 11.9 Å². The zero-order chi connectivity index (χ0) is 26.5. The van der Waals surface area contributed by atoms with Gasteiger partial charge in [-0.05, 0) is 80.7 Å². The van der Waals surface area contributed by atoms with E-state index < -0.39 is 17.5 Å². The minimum absolute atomic E-state index is 0.0630. The van der Waals surface area contributed by atoms with Gasteiger partial charge in [-0.25, -0.2) is 4.79 Å². The summed E-state index contributed by atoms with van der Waals surface area (Å²) in [6, 6.07) is 6.94. The lowest BCUT2D eigenvalue weighted by Crippen LogP contribution is -2.35. The van der Waals surface area contributed by atoms with Gasteiger partial charge in [-0.2, -0.15) is 0 Å². The van der Waals surface area contributed by atoms with E-state index in [1.165, 1.54) is 7.11 Å². The molecule has 0 saturated heterocycles. The van der Waals surface area contributed by atoms with Crippen molar-refractivity contribution in [3.8, 4) is 23.0 Å². The summed E-state index contributed by atoms with van der Waals surface area (Å²) in [6.07, 6.45) is 5.74. The number of methoxy groups -OCH3 is 1. The van der Waals surface area contributed by atoms with Crippen LogP contribution in [0.1, 0.15) is 73.2 Å². The molecule has 0 aromatic heterocycles. The molecular formula is C30H34O7. The number of aliphatic hydroxyl groups excluding tert-OH is 1. The molecular weight excluding hydrogens is 472 g/mol. The van der Waals surface area contributed by atoms with Crippen molar-refractivity contribution in [2.24, 2.45) is 23.2 Å². The molecule has 7 heteroatoms. The summed E-state index contributed by atoms with van der Waals surface area (Å²) >= 11 is 0.